The summed E-state index contributed by atoms with van der Waals surface area (Å²) >= 11 is 1.39. The standard InChI is InChI=1S/C25H31FN4O4S2/c1-17(2)34-24-8-7-21(36(27,31)32)15-22(24)28-25-29-23(16-35-25)18-3-5-20(6-4-18)33-14-13-30-11-9-19(26)10-12-30/h3-8,15-17,19H,9-14H2,1-2H3,(H,28,29)(H2,27,31,32). The number of thiazole rings is 1. The number of piperidine rings is 1. The second kappa shape index (κ2) is 11.5. The number of sulfonamides is 1. The molecular weight excluding hydrogens is 503 g/mol. The van der Waals surface area contributed by atoms with E-state index in [1.165, 1.54) is 23.5 Å². The number of nitrogens with one attached hydrogen (secondary N) is 1. The van der Waals surface area contributed by atoms with Crippen molar-refractivity contribution in [2.75, 3.05) is 31.6 Å². The molecule has 0 bridgehead atoms. The normalized spacial score (nSPS) is 15.2. The molecule has 2 aromatic carbocycles. The SMILES string of the molecule is CC(C)Oc1ccc(S(N)(=O)=O)cc1Nc1nc(-c2ccc(OCCN3CCC(F)CC3)cc2)cs1. The smallest absolute Gasteiger partial charge is 0.238 e. The highest BCUT2D eigenvalue weighted by Gasteiger charge is 2.18. The Morgan fingerprint density at radius 3 is 2.58 bits per heavy atom. The number of benzene rings is 2. The van der Waals surface area contributed by atoms with E-state index in [0.717, 1.165) is 36.6 Å². The lowest BCUT2D eigenvalue weighted by Gasteiger charge is -2.28. The van der Waals surface area contributed by atoms with Gasteiger partial charge in [-0.25, -0.2) is 22.9 Å². The highest BCUT2D eigenvalue weighted by Crippen LogP contribution is 2.34. The Morgan fingerprint density at radius 1 is 1.19 bits per heavy atom. The number of anilines is 2. The summed E-state index contributed by atoms with van der Waals surface area (Å²) in [6.07, 6.45) is 0.436. The number of nitrogens with two attached hydrogens (primary N) is 1. The summed E-state index contributed by atoms with van der Waals surface area (Å²) in [6.45, 7) is 6.67. The molecule has 0 spiro atoms. The van der Waals surface area contributed by atoms with Gasteiger partial charge in [0.1, 0.15) is 24.3 Å². The van der Waals surface area contributed by atoms with E-state index in [4.69, 9.17) is 14.6 Å². The van der Waals surface area contributed by atoms with Crippen molar-refractivity contribution in [1.29, 1.82) is 0 Å². The predicted octanol–water partition coefficient (Wildman–Crippen LogP) is 4.80. The Hall–Kier alpha value is -2.73. The number of aromatic nitrogens is 1. The molecule has 0 saturated carbocycles. The molecule has 0 atom stereocenters. The third-order valence-electron chi connectivity index (χ3n) is 5.73. The van der Waals surface area contributed by atoms with E-state index in [-0.39, 0.29) is 11.0 Å². The maximum Gasteiger partial charge on any atom is 0.238 e. The highest BCUT2D eigenvalue weighted by molar-refractivity contribution is 7.89. The lowest BCUT2D eigenvalue weighted by atomic mass is 10.1. The molecule has 36 heavy (non-hydrogen) atoms. The first kappa shape index (κ1) is 26.3. The van der Waals surface area contributed by atoms with E-state index in [2.05, 4.69) is 15.2 Å². The zero-order valence-corrected chi connectivity index (χ0v) is 21.9. The third kappa shape index (κ3) is 7.16. The summed E-state index contributed by atoms with van der Waals surface area (Å²) in [7, 11) is -3.86. The van der Waals surface area contributed by atoms with Crippen molar-refractivity contribution in [3.63, 3.8) is 0 Å². The zero-order valence-electron chi connectivity index (χ0n) is 20.3. The van der Waals surface area contributed by atoms with Crippen LogP contribution >= 0.6 is 11.3 Å². The van der Waals surface area contributed by atoms with E-state index in [1.807, 2.05) is 43.5 Å². The first-order valence-electron chi connectivity index (χ1n) is 11.8. The van der Waals surface area contributed by atoms with E-state index in [0.29, 0.717) is 36.0 Å². The number of rotatable bonds is 10. The number of hydrogen-bond donors (Lipinski definition) is 2. The van der Waals surface area contributed by atoms with Crippen molar-refractivity contribution in [3.05, 3.63) is 47.8 Å². The summed E-state index contributed by atoms with van der Waals surface area (Å²) in [5.74, 6) is 1.27. The molecule has 11 heteroatoms. The summed E-state index contributed by atoms with van der Waals surface area (Å²) in [4.78, 5) is 6.85. The molecule has 4 rings (SSSR count). The molecule has 0 aliphatic carbocycles. The van der Waals surface area contributed by atoms with Crippen molar-refractivity contribution >= 4 is 32.2 Å². The van der Waals surface area contributed by atoms with Crippen LogP contribution in [0.1, 0.15) is 26.7 Å². The molecule has 1 aliphatic heterocycles. The molecule has 2 heterocycles. The fourth-order valence-electron chi connectivity index (χ4n) is 3.86. The van der Waals surface area contributed by atoms with Crippen LogP contribution in [0.25, 0.3) is 11.3 Å². The Kier molecular flexibility index (Phi) is 8.45. The number of halogens is 1. The molecule has 1 aromatic heterocycles. The van der Waals surface area contributed by atoms with Gasteiger partial charge in [-0.15, -0.1) is 11.3 Å². The van der Waals surface area contributed by atoms with Crippen LogP contribution in [0.2, 0.25) is 0 Å². The average Bonchev–Trinajstić information content (AvgIpc) is 3.29. The molecule has 0 unspecified atom stereocenters. The lowest BCUT2D eigenvalue weighted by molar-refractivity contribution is 0.132. The van der Waals surface area contributed by atoms with E-state index in [1.54, 1.807) is 6.07 Å². The predicted molar refractivity (Wildman–Crippen MR) is 140 cm³/mol. The number of primary sulfonamides is 1. The first-order chi connectivity index (χ1) is 17.2. The molecule has 1 fully saturated rings. The van der Waals surface area contributed by atoms with Crippen LogP contribution in [0.5, 0.6) is 11.5 Å². The van der Waals surface area contributed by atoms with Gasteiger partial charge in [0.15, 0.2) is 5.13 Å². The number of ether oxygens (including phenoxy) is 2. The molecular formula is C25H31FN4O4S2. The van der Waals surface area contributed by atoms with Crippen molar-refractivity contribution in [3.8, 4) is 22.8 Å². The van der Waals surface area contributed by atoms with Gasteiger partial charge in [0, 0.05) is 30.6 Å². The maximum atomic E-state index is 13.3. The first-order valence-corrected chi connectivity index (χ1v) is 14.3. The van der Waals surface area contributed by atoms with Crippen LogP contribution < -0.4 is 19.9 Å². The fourth-order valence-corrected chi connectivity index (χ4v) is 5.13. The Morgan fingerprint density at radius 2 is 1.92 bits per heavy atom. The van der Waals surface area contributed by atoms with Gasteiger partial charge in [-0.3, -0.25) is 4.90 Å². The van der Waals surface area contributed by atoms with Gasteiger partial charge in [0.05, 0.1) is 22.4 Å². The summed E-state index contributed by atoms with van der Waals surface area (Å²) in [5.41, 5.74) is 2.17. The van der Waals surface area contributed by atoms with Crippen LogP contribution in [0.4, 0.5) is 15.2 Å². The number of hydrogen-bond acceptors (Lipinski definition) is 8. The van der Waals surface area contributed by atoms with Crippen molar-refractivity contribution in [2.24, 2.45) is 5.14 Å². The van der Waals surface area contributed by atoms with Gasteiger partial charge in [-0.1, -0.05) is 0 Å². The Labute approximate surface area is 215 Å². The van der Waals surface area contributed by atoms with Crippen molar-refractivity contribution in [1.82, 2.24) is 9.88 Å². The average molecular weight is 535 g/mol. The largest absolute Gasteiger partial charge is 0.492 e. The monoisotopic (exact) mass is 534 g/mol. The minimum Gasteiger partial charge on any atom is -0.492 e. The molecule has 0 radical (unpaired) electrons. The van der Waals surface area contributed by atoms with Gasteiger partial charge >= 0.3 is 0 Å². The lowest BCUT2D eigenvalue weighted by Crippen LogP contribution is -2.37. The topological polar surface area (TPSA) is 107 Å². The van der Waals surface area contributed by atoms with Crippen LogP contribution in [0.15, 0.2) is 52.7 Å². The molecule has 0 amide bonds. The minimum absolute atomic E-state index is 0.0135. The summed E-state index contributed by atoms with van der Waals surface area (Å²) < 4.78 is 48.6. The van der Waals surface area contributed by atoms with Crippen LogP contribution in [0, 0.1) is 0 Å². The second-order valence-electron chi connectivity index (χ2n) is 8.92. The summed E-state index contributed by atoms with van der Waals surface area (Å²) in [5, 5.41) is 11.0. The van der Waals surface area contributed by atoms with Gasteiger partial charge < -0.3 is 14.8 Å². The van der Waals surface area contributed by atoms with Gasteiger partial charge in [0.2, 0.25) is 10.0 Å². The molecule has 8 nitrogen and oxygen atoms in total. The molecule has 3 aromatic rings. The van der Waals surface area contributed by atoms with E-state index >= 15 is 0 Å². The van der Waals surface area contributed by atoms with Crippen molar-refractivity contribution < 1.29 is 22.3 Å². The number of nitrogens with zero attached hydrogens (tertiary/aromatic N) is 2. The van der Waals surface area contributed by atoms with E-state index < -0.39 is 16.2 Å². The number of alkyl halides is 1. The number of likely N-dealkylation sites (tertiary alicyclic amines) is 1. The van der Waals surface area contributed by atoms with Gasteiger partial charge in [-0.05, 0) is 69.2 Å². The molecule has 1 aliphatic rings. The van der Waals surface area contributed by atoms with Crippen LogP contribution in [-0.2, 0) is 10.0 Å². The Balaban J connectivity index is 1.39. The fraction of sp³-hybridized carbons (Fsp3) is 0.400. The molecule has 3 N–H and O–H groups in total. The van der Waals surface area contributed by atoms with Crippen molar-refractivity contribution in [2.45, 2.75) is 43.9 Å². The van der Waals surface area contributed by atoms with Gasteiger partial charge in [0.25, 0.3) is 0 Å². The summed E-state index contributed by atoms with van der Waals surface area (Å²) in [6, 6.07) is 12.1. The van der Waals surface area contributed by atoms with Gasteiger partial charge in [-0.2, -0.15) is 0 Å². The molecule has 1 saturated heterocycles. The highest BCUT2D eigenvalue weighted by atomic mass is 32.2. The van der Waals surface area contributed by atoms with Crippen LogP contribution in [0.3, 0.4) is 0 Å². The quantitative estimate of drug-likeness (QED) is 0.385. The van der Waals surface area contributed by atoms with E-state index in [9.17, 15) is 12.8 Å². The zero-order chi connectivity index (χ0) is 25.7. The van der Waals surface area contributed by atoms with Crippen LogP contribution in [-0.4, -0.2) is 56.8 Å². The second-order valence-corrected chi connectivity index (χ2v) is 11.3. The minimum atomic E-state index is -3.86. The molecule has 194 valence electrons. The Bertz CT molecular complexity index is 1260. The maximum absolute atomic E-state index is 13.3. The third-order valence-corrected chi connectivity index (χ3v) is 7.40.